The van der Waals surface area contributed by atoms with Crippen LogP contribution in [-0.4, -0.2) is 61.4 Å². The van der Waals surface area contributed by atoms with Crippen molar-refractivity contribution < 1.29 is 27.8 Å². The maximum Gasteiger partial charge on any atom is 0.254 e. The highest BCUT2D eigenvalue weighted by Crippen LogP contribution is 2.13. The summed E-state index contributed by atoms with van der Waals surface area (Å²) in [7, 11) is 0. The standard InChI is InChI=1S/C14H17F3N2O3/c15-11-6-13(17)12(16)5-10(11)14(21)18-7-9(20)8-19-1-3-22-4-2-19/h5-6,9,20H,1-4,7-8H2,(H,18,21). The molecule has 5 nitrogen and oxygen atoms in total. The van der Waals surface area contributed by atoms with Crippen molar-refractivity contribution in [2.75, 3.05) is 39.4 Å². The van der Waals surface area contributed by atoms with E-state index in [1.807, 2.05) is 4.90 Å². The number of aliphatic hydroxyl groups is 1. The summed E-state index contributed by atoms with van der Waals surface area (Å²) in [5.74, 6) is -4.72. The van der Waals surface area contributed by atoms with Crippen molar-refractivity contribution >= 4 is 5.91 Å². The number of ether oxygens (including phenoxy) is 1. The molecule has 1 amide bonds. The smallest absolute Gasteiger partial charge is 0.254 e. The van der Waals surface area contributed by atoms with Crippen molar-refractivity contribution in [3.05, 3.63) is 35.1 Å². The van der Waals surface area contributed by atoms with Gasteiger partial charge in [0.1, 0.15) is 5.82 Å². The van der Waals surface area contributed by atoms with Crippen molar-refractivity contribution in [1.29, 1.82) is 0 Å². The highest BCUT2D eigenvalue weighted by Gasteiger charge is 2.19. The molecule has 0 aliphatic carbocycles. The Bertz CT molecular complexity index is 536. The summed E-state index contributed by atoms with van der Waals surface area (Å²) in [6.07, 6.45) is -0.851. The number of rotatable bonds is 5. The van der Waals surface area contributed by atoms with Crippen LogP contribution in [0.1, 0.15) is 10.4 Å². The summed E-state index contributed by atoms with van der Waals surface area (Å²) in [6.45, 7) is 2.75. The minimum Gasteiger partial charge on any atom is -0.390 e. The van der Waals surface area contributed by atoms with E-state index in [9.17, 15) is 23.1 Å². The van der Waals surface area contributed by atoms with E-state index in [-0.39, 0.29) is 6.54 Å². The number of amides is 1. The summed E-state index contributed by atoms with van der Waals surface area (Å²) in [5.41, 5.74) is -0.600. The lowest BCUT2D eigenvalue weighted by Gasteiger charge is -2.28. The van der Waals surface area contributed by atoms with E-state index >= 15 is 0 Å². The zero-order chi connectivity index (χ0) is 16.1. The molecule has 2 N–H and O–H groups in total. The lowest BCUT2D eigenvalue weighted by atomic mass is 10.2. The second-order valence-corrected chi connectivity index (χ2v) is 5.02. The Balaban J connectivity index is 1.85. The van der Waals surface area contributed by atoms with Crippen molar-refractivity contribution in [1.82, 2.24) is 10.2 Å². The molecule has 0 radical (unpaired) electrons. The fraction of sp³-hybridized carbons (Fsp3) is 0.500. The third kappa shape index (κ3) is 4.43. The fourth-order valence-electron chi connectivity index (χ4n) is 2.15. The SMILES string of the molecule is O=C(NCC(O)CN1CCOCC1)c1cc(F)c(F)cc1F. The third-order valence-corrected chi connectivity index (χ3v) is 3.33. The van der Waals surface area contributed by atoms with Gasteiger partial charge in [0, 0.05) is 32.2 Å². The second kappa shape index (κ2) is 7.57. The largest absolute Gasteiger partial charge is 0.390 e. The Morgan fingerprint density at radius 3 is 2.55 bits per heavy atom. The predicted molar refractivity (Wildman–Crippen MR) is 71.9 cm³/mol. The van der Waals surface area contributed by atoms with E-state index in [0.29, 0.717) is 45.0 Å². The van der Waals surface area contributed by atoms with E-state index in [1.165, 1.54) is 0 Å². The molecule has 2 rings (SSSR count). The Morgan fingerprint density at radius 1 is 1.23 bits per heavy atom. The molecule has 1 fully saturated rings. The predicted octanol–water partition coefficient (Wildman–Crippen LogP) is 0.527. The van der Waals surface area contributed by atoms with Gasteiger partial charge >= 0.3 is 0 Å². The average molecular weight is 318 g/mol. The monoisotopic (exact) mass is 318 g/mol. The molecule has 1 heterocycles. The van der Waals surface area contributed by atoms with Crippen molar-refractivity contribution in [3.8, 4) is 0 Å². The fourth-order valence-corrected chi connectivity index (χ4v) is 2.15. The topological polar surface area (TPSA) is 61.8 Å². The van der Waals surface area contributed by atoms with Crippen LogP contribution in [0.2, 0.25) is 0 Å². The zero-order valence-corrected chi connectivity index (χ0v) is 11.8. The number of nitrogens with one attached hydrogen (secondary N) is 1. The summed E-state index contributed by atoms with van der Waals surface area (Å²) < 4.78 is 44.4. The van der Waals surface area contributed by atoms with E-state index in [1.54, 1.807) is 0 Å². The van der Waals surface area contributed by atoms with Gasteiger partial charge in [-0.15, -0.1) is 0 Å². The van der Waals surface area contributed by atoms with Gasteiger partial charge in [0.2, 0.25) is 0 Å². The molecule has 0 aromatic heterocycles. The van der Waals surface area contributed by atoms with Crippen LogP contribution < -0.4 is 5.32 Å². The number of β-amino-alcohol motifs (C(OH)–C–C–N with tert-alkyl or cyclic N) is 1. The second-order valence-electron chi connectivity index (χ2n) is 5.02. The van der Waals surface area contributed by atoms with Crippen LogP contribution in [0.25, 0.3) is 0 Å². The first-order valence-corrected chi connectivity index (χ1v) is 6.88. The Labute approximate surface area is 125 Å². The minimum absolute atomic E-state index is 0.116. The highest BCUT2D eigenvalue weighted by molar-refractivity contribution is 5.94. The summed E-state index contributed by atoms with van der Waals surface area (Å²) in [5, 5.41) is 12.1. The van der Waals surface area contributed by atoms with Gasteiger partial charge < -0.3 is 15.2 Å². The Hall–Kier alpha value is -1.64. The molecule has 1 aliphatic heterocycles. The highest BCUT2D eigenvalue weighted by atomic mass is 19.2. The number of carbonyl (C=O) groups excluding carboxylic acids is 1. The first-order chi connectivity index (χ1) is 10.5. The zero-order valence-electron chi connectivity index (χ0n) is 11.8. The molecule has 1 saturated heterocycles. The lowest BCUT2D eigenvalue weighted by molar-refractivity contribution is 0.0149. The van der Waals surface area contributed by atoms with E-state index < -0.39 is 35.0 Å². The number of halogens is 3. The molecule has 22 heavy (non-hydrogen) atoms. The molecule has 1 unspecified atom stereocenters. The van der Waals surface area contributed by atoms with Gasteiger partial charge in [0.25, 0.3) is 5.91 Å². The van der Waals surface area contributed by atoms with Crippen LogP contribution >= 0.6 is 0 Å². The maximum atomic E-state index is 13.4. The van der Waals surface area contributed by atoms with Crippen LogP contribution in [0.5, 0.6) is 0 Å². The van der Waals surface area contributed by atoms with Gasteiger partial charge in [0.15, 0.2) is 11.6 Å². The van der Waals surface area contributed by atoms with Gasteiger partial charge in [-0.3, -0.25) is 9.69 Å². The first-order valence-electron chi connectivity index (χ1n) is 6.88. The van der Waals surface area contributed by atoms with Gasteiger partial charge in [-0.25, -0.2) is 13.2 Å². The molecule has 0 spiro atoms. The van der Waals surface area contributed by atoms with Crippen LogP contribution in [0.15, 0.2) is 12.1 Å². The van der Waals surface area contributed by atoms with Gasteiger partial charge in [-0.2, -0.15) is 0 Å². The lowest BCUT2D eigenvalue weighted by Crippen LogP contribution is -2.44. The van der Waals surface area contributed by atoms with E-state index in [0.717, 1.165) is 0 Å². The number of nitrogens with zero attached hydrogens (tertiary/aromatic N) is 1. The normalized spacial score (nSPS) is 17.3. The van der Waals surface area contributed by atoms with Gasteiger partial charge in [-0.05, 0) is 6.07 Å². The van der Waals surface area contributed by atoms with Crippen LogP contribution in [0.3, 0.4) is 0 Å². The van der Waals surface area contributed by atoms with Crippen LogP contribution in [0.4, 0.5) is 13.2 Å². The summed E-state index contributed by atoms with van der Waals surface area (Å²) in [6, 6.07) is 0.808. The summed E-state index contributed by atoms with van der Waals surface area (Å²) in [4.78, 5) is 13.7. The van der Waals surface area contributed by atoms with Gasteiger partial charge in [0.05, 0.1) is 24.9 Å². The molecule has 0 saturated carbocycles. The van der Waals surface area contributed by atoms with Crippen molar-refractivity contribution in [2.45, 2.75) is 6.10 Å². The van der Waals surface area contributed by atoms with Crippen molar-refractivity contribution in [2.24, 2.45) is 0 Å². The number of aliphatic hydroxyl groups excluding tert-OH is 1. The number of hydrogen-bond donors (Lipinski definition) is 2. The number of hydrogen-bond acceptors (Lipinski definition) is 4. The minimum atomic E-state index is -1.36. The number of carbonyl (C=O) groups is 1. The van der Waals surface area contributed by atoms with E-state index in [4.69, 9.17) is 4.74 Å². The number of morpholine rings is 1. The molecular weight excluding hydrogens is 301 g/mol. The first kappa shape index (κ1) is 16.7. The quantitative estimate of drug-likeness (QED) is 0.778. The molecule has 1 aliphatic rings. The van der Waals surface area contributed by atoms with Crippen molar-refractivity contribution in [3.63, 3.8) is 0 Å². The molecule has 1 aromatic carbocycles. The molecule has 0 bridgehead atoms. The van der Waals surface area contributed by atoms with Gasteiger partial charge in [-0.1, -0.05) is 0 Å². The molecule has 122 valence electrons. The molecule has 1 aromatic rings. The van der Waals surface area contributed by atoms with E-state index in [2.05, 4.69) is 5.32 Å². The molecule has 8 heteroatoms. The van der Waals surface area contributed by atoms with Crippen LogP contribution in [-0.2, 0) is 4.74 Å². The summed E-state index contributed by atoms with van der Waals surface area (Å²) >= 11 is 0. The third-order valence-electron chi connectivity index (χ3n) is 3.33. The number of benzene rings is 1. The van der Waals surface area contributed by atoms with Crippen LogP contribution in [0, 0.1) is 17.5 Å². The maximum absolute atomic E-state index is 13.4. The Morgan fingerprint density at radius 2 is 1.86 bits per heavy atom. The average Bonchev–Trinajstić information content (AvgIpc) is 2.49. The Kier molecular flexibility index (Phi) is 5.76. The molecular formula is C14H17F3N2O3. The molecule has 1 atom stereocenters.